The number of carbonyl (C=O) groups is 1. The highest BCUT2D eigenvalue weighted by molar-refractivity contribution is 14.1. The van der Waals surface area contributed by atoms with Crippen molar-refractivity contribution in [2.24, 2.45) is 0 Å². The second-order valence-electron chi connectivity index (χ2n) is 3.30. The van der Waals surface area contributed by atoms with E-state index in [-0.39, 0.29) is 4.61 Å². The Morgan fingerprint density at radius 1 is 1.28 bits per heavy atom. The summed E-state index contributed by atoms with van der Waals surface area (Å²) in [7, 11) is 0. The molecule has 11 heteroatoms. The first-order valence-electron chi connectivity index (χ1n) is 4.16. The molecule has 106 valence electrons. The SMILES string of the molecule is CC1(C(=O)OCI)OC(F)(F)C(F)(C(F)(F)F)O1. The van der Waals surface area contributed by atoms with E-state index < -0.39 is 29.9 Å². The van der Waals surface area contributed by atoms with E-state index in [0.717, 1.165) is 0 Å². The first-order chi connectivity index (χ1) is 7.90. The fourth-order valence-electron chi connectivity index (χ4n) is 1.15. The van der Waals surface area contributed by atoms with Crippen LogP contribution in [-0.2, 0) is 19.0 Å². The van der Waals surface area contributed by atoms with Crippen molar-refractivity contribution in [3.63, 3.8) is 0 Å². The molecule has 1 rings (SSSR count). The van der Waals surface area contributed by atoms with Crippen molar-refractivity contribution in [1.82, 2.24) is 0 Å². The molecule has 1 heterocycles. The van der Waals surface area contributed by atoms with Crippen molar-refractivity contribution in [2.45, 2.75) is 30.9 Å². The Morgan fingerprint density at radius 2 is 1.78 bits per heavy atom. The molecule has 0 aromatic rings. The van der Waals surface area contributed by atoms with Gasteiger partial charge >= 0.3 is 24.1 Å². The topological polar surface area (TPSA) is 44.8 Å². The van der Waals surface area contributed by atoms with E-state index in [2.05, 4.69) is 14.2 Å². The van der Waals surface area contributed by atoms with Crippen molar-refractivity contribution < 1.29 is 45.3 Å². The van der Waals surface area contributed by atoms with E-state index in [4.69, 9.17) is 0 Å². The molecule has 0 radical (unpaired) electrons. The molecule has 0 N–H and O–H groups in total. The largest absolute Gasteiger partial charge is 0.458 e. The summed E-state index contributed by atoms with van der Waals surface area (Å²) in [5, 5.41) is 0. The third-order valence-corrected chi connectivity index (χ3v) is 2.27. The van der Waals surface area contributed by atoms with Crippen LogP contribution in [0.1, 0.15) is 6.92 Å². The van der Waals surface area contributed by atoms with Gasteiger partial charge in [0, 0.05) is 6.92 Å². The highest BCUT2D eigenvalue weighted by atomic mass is 127. The average molecular weight is 394 g/mol. The molecule has 18 heavy (non-hydrogen) atoms. The Kier molecular flexibility index (Phi) is 3.82. The van der Waals surface area contributed by atoms with Crippen LogP contribution in [0.5, 0.6) is 0 Å². The van der Waals surface area contributed by atoms with E-state index in [1.807, 2.05) is 0 Å². The van der Waals surface area contributed by atoms with Gasteiger partial charge in [0.05, 0.1) is 0 Å². The van der Waals surface area contributed by atoms with Crippen LogP contribution < -0.4 is 0 Å². The van der Waals surface area contributed by atoms with E-state index in [1.165, 1.54) is 22.6 Å². The minimum absolute atomic E-state index is 0.365. The van der Waals surface area contributed by atoms with Gasteiger partial charge in [0.25, 0.3) is 5.79 Å². The van der Waals surface area contributed by atoms with Gasteiger partial charge < -0.3 is 4.74 Å². The Morgan fingerprint density at radius 3 is 2.11 bits per heavy atom. The van der Waals surface area contributed by atoms with Crippen LogP contribution in [0.2, 0.25) is 0 Å². The Labute approximate surface area is 110 Å². The van der Waals surface area contributed by atoms with Crippen LogP contribution in [0, 0.1) is 0 Å². The van der Waals surface area contributed by atoms with Gasteiger partial charge in [-0.15, -0.1) is 0 Å². The van der Waals surface area contributed by atoms with Crippen LogP contribution in [0.25, 0.3) is 0 Å². The lowest BCUT2D eigenvalue weighted by atomic mass is 10.3. The van der Waals surface area contributed by atoms with Gasteiger partial charge in [0.2, 0.25) is 0 Å². The van der Waals surface area contributed by atoms with Crippen molar-refractivity contribution >= 4 is 28.6 Å². The van der Waals surface area contributed by atoms with Gasteiger partial charge in [-0.05, 0) is 22.6 Å². The summed E-state index contributed by atoms with van der Waals surface area (Å²) in [6.07, 6.45) is -11.5. The van der Waals surface area contributed by atoms with Gasteiger partial charge in [-0.2, -0.15) is 26.3 Å². The quantitative estimate of drug-likeness (QED) is 0.313. The summed E-state index contributed by atoms with van der Waals surface area (Å²) in [5.41, 5.74) is 0. The molecule has 0 amide bonds. The van der Waals surface area contributed by atoms with Crippen LogP contribution in [0.4, 0.5) is 26.3 Å². The monoisotopic (exact) mass is 394 g/mol. The van der Waals surface area contributed by atoms with Gasteiger partial charge in [-0.3, -0.25) is 9.47 Å². The minimum atomic E-state index is -6.08. The van der Waals surface area contributed by atoms with E-state index in [1.54, 1.807) is 0 Å². The van der Waals surface area contributed by atoms with E-state index >= 15 is 0 Å². The van der Waals surface area contributed by atoms with Gasteiger partial charge in [0.15, 0.2) is 0 Å². The van der Waals surface area contributed by atoms with Crippen LogP contribution in [-0.4, -0.2) is 34.5 Å². The van der Waals surface area contributed by atoms with Crippen LogP contribution in [0.3, 0.4) is 0 Å². The molecule has 1 saturated heterocycles. The molecule has 1 aliphatic rings. The number of alkyl halides is 7. The standard InChI is InChI=1S/C7H5F6IO4/c1-4(3(15)16-2-14)17-5(8,6(9,10)11)7(12,13)18-4/h2H2,1H3. The van der Waals surface area contributed by atoms with E-state index in [0.29, 0.717) is 6.92 Å². The van der Waals surface area contributed by atoms with Crippen molar-refractivity contribution in [3.05, 3.63) is 0 Å². The number of carbonyl (C=O) groups excluding carboxylic acids is 1. The predicted octanol–water partition coefficient (Wildman–Crippen LogP) is 2.51. The highest BCUT2D eigenvalue weighted by Crippen LogP contribution is 2.55. The fraction of sp³-hybridized carbons (Fsp3) is 0.857. The maximum atomic E-state index is 13.3. The molecule has 0 aromatic heterocycles. The zero-order valence-corrected chi connectivity index (χ0v) is 10.6. The molecular weight excluding hydrogens is 389 g/mol. The molecule has 0 saturated carbocycles. The number of hydrogen-bond donors (Lipinski definition) is 0. The number of halogens is 7. The molecule has 0 spiro atoms. The number of ether oxygens (including phenoxy) is 3. The number of hydrogen-bond acceptors (Lipinski definition) is 4. The Balaban J connectivity index is 3.12. The first kappa shape index (κ1) is 15.8. The zero-order chi connectivity index (χ0) is 14.4. The maximum absolute atomic E-state index is 13.3. The normalized spacial score (nSPS) is 35.6. The second kappa shape index (κ2) is 4.37. The molecule has 2 atom stereocenters. The number of esters is 1. The summed E-state index contributed by atoms with van der Waals surface area (Å²) in [6, 6.07) is 0. The Hall–Kier alpha value is -0.300. The van der Waals surface area contributed by atoms with Crippen molar-refractivity contribution in [3.8, 4) is 0 Å². The maximum Gasteiger partial charge on any atom is 0.458 e. The lowest BCUT2D eigenvalue weighted by Gasteiger charge is -2.25. The van der Waals surface area contributed by atoms with Crippen molar-refractivity contribution in [2.75, 3.05) is 4.61 Å². The van der Waals surface area contributed by atoms with E-state index in [9.17, 15) is 31.1 Å². The smallest absolute Gasteiger partial charge is 0.451 e. The third-order valence-electron chi connectivity index (χ3n) is 1.95. The van der Waals surface area contributed by atoms with Crippen LogP contribution in [0.15, 0.2) is 0 Å². The highest BCUT2D eigenvalue weighted by Gasteiger charge is 2.83. The summed E-state index contributed by atoms with van der Waals surface area (Å²) >= 11 is 1.47. The summed E-state index contributed by atoms with van der Waals surface area (Å²) in [6.45, 7) is 0.405. The molecular formula is C7H5F6IO4. The minimum Gasteiger partial charge on any atom is -0.451 e. The average Bonchev–Trinajstić information content (AvgIpc) is 2.34. The second-order valence-corrected chi connectivity index (χ2v) is 3.92. The molecule has 0 aromatic carbocycles. The summed E-state index contributed by atoms with van der Waals surface area (Å²) in [5.74, 6) is -10.3. The van der Waals surface area contributed by atoms with Gasteiger partial charge in [0.1, 0.15) is 4.61 Å². The molecule has 1 fully saturated rings. The molecule has 4 nitrogen and oxygen atoms in total. The first-order valence-corrected chi connectivity index (χ1v) is 5.69. The summed E-state index contributed by atoms with van der Waals surface area (Å²) in [4.78, 5) is 11.1. The lowest BCUT2D eigenvalue weighted by Crippen LogP contribution is -2.53. The molecule has 0 aliphatic carbocycles. The van der Waals surface area contributed by atoms with Crippen molar-refractivity contribution in [1.29, 1.82) is 0 Å². The third kappa shape index (κ3) is 2.27. The number of rotatable bonds is 2. The predicted molar refractivity (Wildman–Crippen MR) is 50.4 cm³/mol. The van der Waals surface area contributed by atoms with Gasteiger partial charge in [-0.25, -0.2) is 4.79 Å². The lowest BCUT2D eigenvalue weighted by molar-refractivity contribution is -0.393. The molecule has 1 aliphatic heterocycles. The molecule has 0 bridgehead atoms. The Bertz CT molecular complexity index is 360. The molecule has 2 unspecified atom stereocenters. The zero-order valence-electron chi connectivity index (χ0n) is 8.49. The van der Waals surface area contributed by atoms with Gasteiger partial charge in [-0.1, -0.05) is 0 Å². The summed E-state index contributed by atoms with van der Waals surface area (Å²) < 4.78 is 86.5. The fourth-order valence-corrected chi connectivity index (χ4v) is 1.43. The van der Waals surface area contributed by atoms with Crippen LogP contribution >= 0.6 is 22.6 Å².